The third-order valence-corrected chi connectivity index (χ3v) is 3.54. The zero-order valence-electron chi connectivity index (χ0n) is 11.6. The molecule has 0 radical (unpaired) electrons. The molecule has 0 aliphatic carbocycles. The average molecular weight is 296 g/mol. The van der Waals surface area contributed by atoms with E-state index in [2.05, 4.69) is 39.2 Å². The van der Waals surface area contributed by atoms with Gasteiger partial charge in [0.25, 0.3) is 0 Å². The highest BCUT2D eigenvalue weighted by Gasteiger charge is 2.12. The van der Waals surface area contributed by atoms with Gasteiger partial charge in [-0.2, -0.15) is 5.10 Å². The van der Waals surface area contributed by atoms with Gasteiger partial charge in [0, 0.05) is 18.0 Å². The first kappa shape index (κ1) is 14.5. The number of rotatable bonds is 6. The fourth-order valence-electron chi connectivity index (χ4n) is 1.47. The van der Waals surface area contributed by atoms with Gasteiger partial charge >= 0.3 is 5.97 Å². The predicted molar refractivity (Wildman–Crippen MR) is 72.0 cm³/mol. The zero-order chi connectivity index (χ0) is 14.5. The summed E-state index contributed by atoms with van der Waals surface area (Å²) in [6, 6.07) is 2.29. The average Bonchev–Trinajstić information content (AvgIpc) is 3.05. The van der Waals surface area contributed by atoms with Crippen molar-refractivity contribution < 1.29 is 9.53 Å². The van der Waals surface area contributed by atoms with Crippen molar-refractivity contribution in [3.63, 3.8) is 0 Å². The molecule has 0 aliphatic heterocycles. The molecule has 0 saturated heterocycles. The first-order valence-corrected chi connectivity index (χ1v) is 7.08. The second-order valence-electron chi connectivity index (χ2n) is 4.36. The minimum Gasteiger partial charge on any atom is -0.468 e. The number of carbonyl (C=O) groups is 1. The van der Waals surface area contributed by atoms with E-state index in [4.69, 9.17) is 0 Å². The summed E-state index contributed by atoms with van der Waals surface area (Å²) in [7, 11) is 1.33. The van der Waals surface area contributed by atoms with Crippen LogP contribution in [0.5, 0.6) is 0 Å². The lowest BCUT2D eigenvalue weighted by molar-refractivity contribution is -0.141. The highest BCUT2D eigenvalue weighted by Crippen LogP contribution is 2.19. The molecule has 8 nitrogen and oxygen atoms in total. The molecule has 2 rings (SSSR count). The zero-order valence-corrected chi connectivity index (χ0v) is 12.4. The van der Waals surface area contributed by atoms with Gasteiger partial charge in [-0.05, 0) is 30.3 Å². The third-order valence-electron chi connectivity index (χ3n) is 2.55. The molecule has 2 aromatic heterocycles. The smallest absolute Gasteiger partial charge is 0.327 e. The van der Waals surface area contributed by atoms with Crippen LogP contribution in [-0.4, -0.2) is 43.1 Å². The molecule has 0 bridgehead atoms. The van der Waals surface area contributed by atoms with Crippen LogP contribution in [0.15, 0.2) is 17.4 Å². The van der Waals surface area contributed by atoms with E-state index in [1.54, 1.807) is 0 Å². The van der Waals surface area contributed by atoms with Crippen LogP contribution in [0.3, 0.4) is 0 Å². The Morgan fingerprint density at radius 3 is 2.95 bits per heavy atom. The molecule has 0 N–H and O–H groups in total. The quantitative estimate of drug-likeness (QED) is 0.578. The summed E-state index contributed by atoms with van der Waals surface area (Å²) in [6.45, 7) is 4.15. The number of esters is 1. The molecule has 0 fully saturated rings. The lowest BCUT2D eigenvalue weighted by Crippen LogP contribution is -2.13. The van der Waals surface area contributed by atoms with Crippen LogP contribution < -0.4 is 0 Å². The van der Waals surface area contributed by atoms with Gasteiger partial charge in [0.1, 0.15) is 6.54 Å². The third kappa shape index (κ3) is 3.56. The van der Waals surface area contributed by atoms with Gasteiger partial charge in [0.15, 0.2) is 0 Å². The van der Waals surface area contributed by atoms with Crippen LogP contribution in [0, 0.1) is 0 Å². The minimum atomic E-state index is -0.386. The van der Waals surface area contributed by atoms with E-state index in [0.29, 0.717) is 17.0 Å². The lowest BCUT2D eigenvalue weighted by atomic mass is 10.4. The van der Waals surface area contributed by atoms with Crippen molar-refractivity contribution in [2.24, 2.45) is 0 Å². The molecule has 108 valence electrons. The molecule has 9 heteroatoms. The van der Waals surface area contributed by atoms with Crippen LogP contribution >= 0.6 is 11.8 Å². The van der Waals surface area contributed by atoms with Gasteiger partial charge in [-0.15, -0.1) is 5.10 Å². The summed E-state index contributed by atoms with van der Waals surface area (Å²) in [4.78, 5) is 11.2. The first-order chi connectivity index (χ1) is 9.60. The highest BCUT2D eigenvalue weighted by atomic mass is 32.2. The van der Waals surface area contributed by atoms with Crippen molar-refractivity contribution in [3.05, 3.63) is 18.0 Å². The highest BCUT2D eigenvalue weighted by molar-refractivity contribution is 7.98. The SMILES string of the molecule is COC(=O)Cn1nnnc1SCc1ccn(C(C)C)n1. The molecule has 0 amide bonds. The number of carbonyl (C=O) groups excluding carboxylic acids is 1. The van der Waals surface area contributed by atoms with E-state index >= 15 is 0 Å². The molecular formula is C11H16N6O2S. The largest absolute Gasteiger partial charge is 0.468 e. The second kappa shape index (κ2) is 6.51. The Morgan fingerprint density at radius 2 is 2.30 bits per heavy atom. The van der Waals surface area contributed by atoms with E-state index in [9.17, 15) is 4.79 Å². The van der Waals surface area contributed by atoms with Gasteiger partial charge in [0.05, 0.1) is 12.8 Å². The summed E-state index contributed by atoms with van der Waals surface area (Å²) in [6.07, 6.45) is 1.94. The molecule has 0 unspecified atom stereocenters. The molecule has 20 heavy (non-hydrogen) atoms. The number of aromatic nitrogens is 6. The summed E-state index contributed by atoms with van der Waals surface area (Å²) < 4.78 is 7.90. The van der Waals surface area contributed by atoms with E-state index in [-0.39, 0.29) is 12.5 Å². The van der Waals surface area contributed by atoms with Crippen molar-refractivity contribution in [1.82, 2.24) is 30.0 Å². The van der Waals surface area contributed by atoms with Crippen molar-refractivity contribution in [1.29, 1.82) is 0 Å². The molecule has 2 aromatic rings. The number of hydrogen-bond acceptors (Lipinski definition) is 7. The van der Waals surface area contributed by atoms with Crippen molar-refractivity contribution in [2.75, 3.05) is 7.11 Å². The molecule has 0 aliphatic rings. The van der Waals surface area contributed by atoms with Gasteiger partial charge in [0.2, 0.25) is 5.16 Å². The fraction of sp³-hybridized carbons (Fsp3) is 0.545. The standard InChI is InChI=1S/C11H16N6O2S/c1-8(2)16-5-4-9(13-16)7-20-11-12-14-15-17(11)6-10(18)19-3/h4-5,8H,6-7H2,1-3H3. The first-order valence-electron chi connectivity index (χ1n) is 6.10. The molecule has 0 saturated carbocycles. The number of tetrazole rings is 1. The Balaban J connectivity index is 1.96. The van der Waals surface area contributed by atoms with Crippen LogP contribution in [-0.2, 0) is 21.8 Å². The number of nitrogens with zero attached hydrogens (tertiary/aromatic N) is 6. The fourth-order valence-corrected chi connectivity index (χ4v) is 2.24. The van der Waals surface area contributed by atoms with Gasteiger partial charge in [-0.1, -0.05) is 11.8 Å². The number of hydrogen-bond donors (Lipinski definition) is 0. The summed E-state index contributed by atoms with van der Waals surface area (Å²) in [5.41, 5.74) is 0.941. The number of thioether (sulfide) groups is 1. The van der Waals surface area contributed by atoms with Crippen molar-refractivity contribution in [2.45, 2.75) is 37.3 Å². The van der Waals surface area contributed by atoms with Crippen LogP contribution in [0.2, 0.25) is 0 Å². The molecule has 2 heterocycles. The second-order valence-corrected chi connectivity index (χ2v) is 5.31. The van der Waals surface area contributed by atoms with Gasteiger partial charge < -0.3 is 4.74 Å². The Hall–Kier alpha value is -1.90. The molecule has 0 atom stereocenters. The van der Waals surface area contributed by atoms with E-state index in [1.807, 2.05) is 16.9 Å². The Kier molecular flexibility index (Phi) is 4.72. The Morgan fingerprint density at radius 1 is 1.50 bits per heavy atom. The monoisotopic (exact) mass is 296 g/mol. The van der Waals surface area contributed by atoms with Crippen molar-refractivity contribution >= 4 is 17.7 Å². The van der Waals surface area contributed by atoms with E-state index in [0.717, 1.165) is 5.69 Å². The molecule has 0 aromatic carbocycles. The number of ether oxygens (including phenoxy) is 1. The predicted octanol–water partition coefficient (Wildman–Crippen LogP) is 0.916. The summed E-state index contributed by atoms with van der Waals surface area (Å²) in [5, 5.41) is 16.2. The van der Waals surface area contributed by atoms with Crippen LogP contribution in [0.4, 0.5) is 0 Å². The maximum absolute atomic E-state index is 11.2. The maximum Gasteiger partial charge on any atom is 0.327 e. The maximum atomic E-state index is 11.2. The van der Waals surface area contributed by atoms with Crippen molar-refractivity contribution in [3.8, 4) is 0 Å². The van der Waals surface area contributed by atoms with Crippen LogP contribution in [0.1, 0.15) is 25.6 Å². The van der Waals surface area contributed by atoms with E-state index in [1.165, 1.54) is 23.6 Å². The summed E-state index contributed by atoms with van der Waals surface area (Å²) >= 11 is 1.43. The lowest BCUT2D eigenvalue weighted by Gasteiger charge is -2.04. The normalized spacial score (nSPS) is 11.0. The number of methoxy groups -OCH3 is 1. The topological polar surface area (TPSA) is 87.7 Å². The molecule has 0 spiro atoms. The van der Waals surface area contributed by atoms with Crippen LogP contribution in [0.25, 0.3) is 0 Å². The Bertz CT molecular complexity index is 579. The summed E-state index contributed by atoms with van der Waals surface area (Å²) in [5.74, 6) is 0.254. The Labute approximate surface area is 120 Å². The minimum absolute atomic E-state index is 0.00622. The van der Waals surface area contributed by atoms with E-state index < -0.39 is 0 Å². The van der Waals surface area contributed by atoms with Gasteiger partial charge in [-0.25, -0.2) is 4.68 Å². The van der Waals surface area contributed by atoms with Gasteiger partial charge in [-0.3, -0.25) is 9.48 Å². The molecular weight excluding hydrogens is 280 g/mol.